The molecule has 1 fully saturated rings. The van der Waals surface area contributed by atoms with Crippen LogP contribution in [-0.4, -0.2) is 19.5 Å². The molecule has 1 amide bonds. The molecule has 0 radical (unpaired) electrons. The summed E-state index contributed by atoms with van der Waals surface area (Å²) in [5, 5.41) is 3.55. The normalized spacial score (nSPS) is 27.4. The van der Waals surface area contributed by atoms with Crippen molar-refractivity contribution in [3.63, 3.8) is 0 Å². The van der Waals surface area contributed by atoms with E-state index < -0.39 is 5.41 Å². The van der Waals surface area contributed by atoms with Crippen molar-refractivity contribution in [3.8, 4) is 0 Å². The Morgan fingerprint density at radius 2 is 1.81 bits per heavy atom. The van der Waals surface area contributed by atoms with Crippen molar-refractivity contribution in [2.45, 2.75) is 17.9 Å². The molecule has 0 saturated carbocycles. The van der Waals surface area contributed by atoms with Crippen molar-refractivity contribution in [3.05, 3.63) is 65.7 Å². The topological polar surface area (TPSA) is 32.3 Å². The molecule has 0 bridgehead atoms. The average Bonchev–Trinajstić information content (AvgIpc) is 3.07. The first-order chi connectivity index (χ1) is 10.2. The number of likely N-dealkylation sites (N-methyl/N-ethyl adjacent to an activating group) is 1. The van der Waals surface area contributed by atoms with E-state index in [0.29, 0.717) is 0 Å². The number of nitrogens with zero attached hydrogens (tertiary/aromatic N) is 1. The lowest BCUT2D eigenvalue weighted by Crippen LogP contribution is -2.42. The summed E-state index contributed by atoms with van der Waals surface area (Å²) < 4.78 is 0. The number of hydrogen-bond donors (Lipinski definition) is 1. The lowest BCUT2D eigenvalue weighted by Gasteiger charge is -2.30. The van der Waals surface area contributed by atoms with Gasteiger partial charge in [-0.1, -0.05) is 48.5 Å². The molecule has 2 aliphatic heterocycles. The van der Waals surface area contributed by atoms with Crippen molar-refractivity contribution in [2.75, 3.05) is 18.5 Å². The van der Waals surface area contributed by atoms with Gasteiger partial charge in [-0.25, -0.2) is 0 Å². The highest BCUT2D eigenvalue weighted by Gasteiger charge is 2.57. The van der Waals surface area contributed by atoms with Gasteiger partial charge < -0.3 is 10.2 Å². The molecule has 0 unspecified atom stereocenters. The number of carbonyl (C=O) groups excluding carboxylic acids is 1. The van der Waals surface area contributed by atoms with Crippen LogP contribution in [0.4, 0.5) is 5.69 Å². The molecule has 2 heterocycles. The van der Waals surface area contributed by atoms with E-state index in [1.54, 1.807) is 0 Å². The number of hydrogen-bond acceptors (Lipinski definition) is 2. The number of nitrogens with one attached hydrogen (secondary N) is 1. The monoisotopic (exact) mass is 278 g/mol. The summed E-state index contributed by atoms with van der Waals surface area (Å²) in [5.74, 6) is 0.211. The maximum atomic E-state index is 13.1. The third kappa shape index (κ3) is 1.55. The van der Waals surface area contributed by atoms with Crippen LogP contribution in [0.2, 0.25) is 0 Å². The fraction of sp³-hybridized carbons (Fsp3) is 0.278. The summed E-state index contributed by atoms with van der Waals surface area (Å²) in [6.07, 6.45) is 0.854. The van der Waals surface area contributed by atoms with E-state index in [4.69, 9.17) is 0 Å². The van der Waals surface area contributed by atoms with Crippen molar-refractivity contribution >= 4 is 11.6 Å². The Balaban J connectivity index is 1.92. The first-order valence-electron chi connectivity index (χ1n) is 7.41. The summed E-state index contributed by atoms with van der Waals surface area (Å²) in [4.78, 5) is 14.9. The molecule has 4 rings (SSSR count). The fourth-order valence-corrected chi connectivity index (χ4v) is 3.97. The minimum Gasteiger partial charge on any atom is -0.314 e. The van der Waals surface area contributed by atoms with Crippen LogP contribution in [0.25, 0.3) is 0 Å². The lowest BCUT2D eigenvalue weighted by molar-refractivity contribution is -0.123. The van der Waals surface area contributed by atoms with Crippen LogP contribution >= 0.6 is 0 Å². The molecule has 0 aromatic heterocycles. The van der Waals surface area contributed by atoms with E-state index in [0.717, 1.165) is 24.2 Å². The molecule has 2 atom stereocenters. The van der Waals surface area contributed by atoms with Crippen LogP contribution in [-0.2, 0) is 10.2 Å². The Kier molecular flexibility index (Phi) is 2.66. The molecule has 21 heavy (non-hydrogen) atoms. The van der Waals surface area contributed by atoms with Gasteiger partial charge in [0.25, 0.3) is 0 Å². The number of rotatable bonds is 1. The van der Waals surface area contributed by atoms with Crippen LogP contribution in [0.5, 0.6) is 0 Å². The van der Waals surface area contributed by atoms with Crippen LogP contribution < -0.4 is 10.2 Å². The molecule has 106 valence electrons. The third-order valence-corrected chi connectivity index (χ3v) is 4.93. The van der Waals surface area contributed by atoms with E-state index >= 15 is 0 Å². The predicted octanol–water partition coefficient (Wildman–Crippen LogP) is 2.64. The molecule has 2 aromatic rings. The minimum atomic E-state index is -0.452. The summed E-state index contributed by atoms with van der Waals surface area (Å²) in [7, 11) is 1.89. The highest BCUT2D eigenvalue weighted by Crippen LogP contribution is 2.52. The summed E-state index contributed by atoms with van der Waals surface area (Å²) in [5.41, 5.74) is 2.95. The van der Waals surface area contributed by atoms with Crippen LogP contribution in [0.1, 0.15) is 23.6 Å². The van der Waals surface area contributed by atoms with Gasteiger partial charge in [0.1, 0.15) is 0 Å². The molecule has 3 nitrogen and oxygen atoms in total. The zero-order valence-corrected chi connectivity index (χ0v) is 12.0. The zero-order valence-electron chi connectivity index (χ0n) is 12.0. The van der Waals surface area contributed by atoms with Crippen LogP contribution in [0.15, 0.2) is 54.6 Å². The first-order valence-corrected chi connectivity index (χ1v) is 7.41. The second-order valence-corrected chi connectivity index (χ2v) is 5.90. The van der Waals surface area contributed by atoms with Crippen LogP contribution in [0, 0.1) is 0 Å². The lowest BCUT2D eigenvalue weighted by atomic mass is 9.73. The quantitative estimate of drug-likeness (QED) is 0.869. The predicted molar refractivity (Wildman–Crippen MR) is 83.3 cm³/mol. The van der Waals surface area contributed by atoms with Gasteiger partial charge in [-0.3, -0.25) is 4.79 Å². The van der Waals surface area contributed by atoms with Crippen molar-refractivity contribution in [1.82, 2.24) is 5.32 Å². The molecular formula is C18H18N2O. The highest BCUT2D eigenvalue weighted by atomic mass is 16.2. The number of carbonyl (C=O) groups is 1. The number of amides is 1. The highest BCUT2D eigenvalue weighted by molar-refractivity contribution is 6.08. The molecule has 3 heteroatoms. The molecule has 1 N–H and O–H groups in total. The van der Waals surface area contributed by atoms with E-state index in [1.807, 2.05) is 48.3 Å². The summed E-state index contributed by atoms with van der Waals surface area (Å²) >= 11 is 0. The maximum absolute atomic E-state index is 13.1. The first kappa shape index (κ1) is 12.6. The maximum Gasteiger partial charge on any atom is 0.239 e. The second-order valence-electron chi connectivity index (χ2n) is 5.90. The van der Waals surface area contributed by atoms with Gasteiger partial charge in [0.2, 0.25) is 5.91 Å². The molecular weight excluding hydrogens is 260 g/mol. The summed E-state index contributed by atoms with van der Waals surface area (Å²) in [6.45, 7) is 0.869. The van der Waals surface area contributed by atoms with Gasteiger partial charge in [0.15, 0.2) is 0 Å². The zero-order chi connectivity index (χ0) is 14.4. The molecule has 1 spiro atoms. The fourth-order valence-electron chi connectivity index (χ4n) is 3.97. The van der Waals surface area contributed by atoms with Gasteiger partial charge in [0, 0.05) is 12.7 Å². The Hall–Kier alpha value is -2.13. The van der Waals surface area contributed by atoms with Gasteiger partial charge in [-0.2, -0.15) is 0 Å². The van der Waals surface area contributed by atoms with E-state index in [1.165, 1.54) is 5.56 Å². The third-order valence-electron chi connectivity index (χ3n) is 4.93. The van der Waals surface area contributed by atoms with E-state index in [-0.39, 0.29) is 11.9 Å². The van der Waals surface area contributed by atoms with E-state index in [2.05, 4.69) is 23.5 Å². The Morgan fingerprint density at radius 3 is 2.62 bits per heavy atom. The van der Waals surface area contributed by atoms with Crippen LogP contribution in [0.3, 0.4) is 0 Å². The van der Waals surface area contributed by atoms with E-state index in [9.17, 15) is 4.79 Å². The van der Waals surface area contributed by atoms with Gasteiger partial charge in [0.05, 0.1) is 11.5 Å². The second kappa shape index (κ2) is 4.43. The van der Waals surface area contributed by atoms with Gasteiger partial charge in [-0.05, 0) is 30.2 Å². The van der Waals surface area contributed by atoms with Crippen molar-refractivity contribution in [2.24, 2.45) is 0 Å². The van der Waals surface area contributed by atoms with Crippen molar-refractivity contribution < 1.29 is 4.79 Å². The number of anilines is 1. The number of benzene rings is 2. The summed E-state index contributed by atoms with van der Waals surface area (Å²) in [6, 6.07) is 18.6. The minimum absolute atomic E-state index is 0.0531. The SMILES string of the molecule is CN1C(=O)[C@]2(CCN[C@@H]2c2ccccc2)c2ccccc21. The molecule has 2 aromatic carbocycles. The molecule has 0 aliphatic carbocycles. The average molecular weight is 278 g/mol. The smallest absolute Gasteiger partial charge is 0.239 e. The van der Waals surface area contributed by atoms with Gasteiger partial charge >= 0.3 is 0 Å². The molecule has 2 aliphatic rings. The Morgan fingerprint density at radius 1 is 1.10 bits per heavy atom. The standard InChI is InChI=1S/C18H18N2O/c1-20-15-10-6-5-9-14(15)18(17(20)21)11-12-19-16(18)13-7-3-2-4-8-13/h2-10,16,19H,11-12H2,1H3/t16-,18-/m1/s1. The Labute approximate surface area is 124 Å². The Bertz CT molecular complexity index is 697. The van der Waals surface area contributed by atoms with Gasteiger partial charge in [-0.15, -0.1) is 0 Å². The molecule has 1 saturated heterocycles. The number of fused-ring (bicyclic) bond motifs is 2. The number of para-hydroxylation sites is 1. The van der Waals surface area contributed by atoms with Crippen molar-refractivity contribution in [1.29, 1.82) is 0 Å². The largest absolute Gasteiger partial charge is 0.314 e.